The molecule has 1 aliphatic rings. The Balaban J connectivity index is 1.33. The highest BCUT2D eigenvalue weighted by molar-refractivity contribution is 7.16. The summed E-state index contributed by atoms with van der Waals surface area (Å²) >= 11 is 7.55. The molecule has 33 heavy (non-hydrogen) atoms. The average Bonchev–Trinajstić information content (AvgIpc) is 3.14. The first kappa shape index (κ1) is 22.8. The van der Waals surface area contributed by atoms with Gasteiger partial charge in [-0.15, -0.1) is 11.3 Å². The molecular weight excluding hydrogens is 458 g/mol. The summed E-state index contributed by atoms with van der Waals surface area (Å²) in [6.45, 7) is 2.02. The Kier molecular flexibility index (Phi) is 6.97. The van der Waals surface area contributed by atoms with Crippen molar-refractivity contribution >= 4 is 45.4 Å². The largest absolute Gasteiger partial charge is 0.484 e. The third-order valence-electron chi connectivity index (χ3n) is 5.48. The number of amides is 2. The van der Waals surface area contributed by atoms with Gasteiger partial charge in [-0.05, 0) is 67.1 Å². The minimum atomic E-state index is -0.325. The summed E-state index contributed by atoms with van der Waals surface area (Å²) in [5, 5.41) is 16.1. The molecule has 0 fully saturated rings. The second-order valence-electron chi connectivity index (χ2n) is 7.96. The molecule has 6 nitrogen and oxygen atoms in total. The Morgan fingerprint density at radius 2 is 1.94 bits per heavy atom. The van der Waals surface area contributed by atoms with E-state index in [4.69, 9.17) is 16.3 Å². The Bertz CT molecular complexity index is 1230. The van der Waals surface area contributed by atoms with Crippen molar-refractivity contribution in [1.82, 2.24) is 0 Å². The number of anilines is 2. The molecule has 0 unspecified atom stereocenters. The zero-order chi connectivity index (χ0) is 23.4. The van der Waals surface area contributed by atoms with Gasteiger partial charge in [0.05, 0.1) is 16.1 Å². The lowest BCUT2D eigenvalue weighted by atomic mass is 9.89. The first-order valence-electron chi connectivity index (χ1n) is 10.6. The summed E-state index contributed by atoms with van der Waals surface area (Å²) in [5.41, 5.74) is 2.62. The Hall–Kier alpha value is -3.34. The van der Waals surface area contributed by atoms with Crippen molar-refractivity contribution in [3.8, 4) is 11.8 Å². The average molecular weight is 480 g/mol. The lowest BCUT2D eigenvalue weighted by Gasteiger charge is -2.17. The number of hydrogen-bond acceptors (Lipinski definition) is 5. The number of hydrogen-bond donors (Lipinski definition) is 2. The Morgan fingerprint density at radius 3 is 2.67 bits per heavy atom. The highest BCUT2D eigenvalue weighted by atomic mass is 35.5. The quantitative estimate of drug-likeness (QED) is 0.476. The van der Waals surface area contributed by atoms with E-state index in [0.717, 1.165) is 24.8 Å². The van der Waals surface area contributed by atoms with E-state index in [-0.39, 0.29) is 18.4 Å². The number of carbonyl (C=O) groups is 2. The number of fused-ring (bicyclic) bond motifs is 1. The molecule has 8 heteroatoms. The van der Waals surface area contributed by atoms with E-state index in [1.807, 2.05) is 0 Å². The molecule has 2 amide bonds. The number of nitrogens with one attached hydrogen (secondary N) is 2. The molecule has 2 aromatic carbocycles. The maximum Gasteiger partial charge on any atom is 0.262 e. The minimum Gasteiger partial charge on any atom is -0.484 e. The highest BCUT2D eigenvalue weighted by Crippen LogP contribution is 2.39. The molecular formula is C25H22ClN3O3S. The number of nitriles is 1. The molecule has 168 valence electrons. The van der Waals surface area contributed by atoms with Gasteiger partial charge in [-0.25, -0.2) is 0 Å². The van der Waals surface area contributed by atoms with Crippen LogP contribution in [0.2, 0.25) is 5.02 Å². The molecule has 0 saturated heterocycles. The molecule has 4 rings (SSSR count). The van der Waals surface area contributed by atoms with Gasteiger partial charge in [-0.1, -0.05) is 30.7 Å². The van der Waals surface area contributed by atoms with Crippen molar-refractivity contribution in [3.63, 3.8) is 0 Å². The Morgan fingerprint density at radius 1 is 1.18 bits per heavy atom. The normalized spacial score (nSPS) is 14.6. The van der Waals surface area contributed by atoms with Crippen LogP contribution in [0.15, 0.2) is 48.5 Å². The van der Waals surface area contributed by atoms with Crippen molar-refractivity contribution in [2.24, 2.45) is 5.92 Å². The van der Waals surface area contributed by atoms with Crippen molar-refractivity contribution in [1.29, 1.82) is 5.26 Å². The zero-order valence-corrected chi connectivity index (χ0v) is 19.6. The van der Waals surface area contributed by atoms with Crippen LogP contribution in [-0.4, -0.2) is 18.4 Å². The predicted molar refractivity (Wildman–Crippen MR) is 130 cm³/mol. The summed E-state index contributed by atoms with van der Waals surface area (Å²) in [6, 6.07) is 15.8. The van der Waals surface area contributed by atoms with Crippen LogP contribution in [-0.2, 0) is 17.6 Å². The minimum absolute atomic E-state index is 0.185. The number of ether oxygens (including phenoxy) is 1. The number of rotatable bonds is 6. The van der Waals surface area contributed by atoms with Crippen LogP contribution in [0.25, 0.3) is 0 Å². The third-order valence-corrected chi connectivity index (χ3v) is 6.98. The van der Waals surface area contributed by atoms with Crippen LogP contribution < -0.4 is 15.4 Å². The van der Waals surface area contributed by atoms with E-state index in [1.54, 1.807) is 48.5 Å². The van der Waals surface area contributed by atoms with E-state index in [0.29, 0.717) is 38.5 Å². The number of thiophene rings is 1. The fraction of sp³-hybridized carbons (Fsp3) is 0.240. The van der Waals surface area contributed by atoms with E-state index in [9.17, 15) is 14.9 Å². The van der Waals surface area contributed by atoms with Gasteiger partial charge >= 0.3 is 0 Å². The second kappa shape index (κ2) is 10.1. The first-order chi connectivity index (χ1) is 15.9. The highest BCUT2D eigenvalue weighted by Gasteiger charge is 2.24. The van der Waals surface area contributed by atoms with Gasteiger partial charge in [0.1, 0.15) is 16.8 Å². The van der Waals surface area contributed by atoms with E-state index in [1.165, 1.54) is 16.2 Å². The molecule has 0 spiro atoms. The molecule has 0 bridgehead atoms. The molecule has 0 aliphatic heterocycles. The van der Waals surface area contributed by atoms with E-state index >= 15 is 0 Å². The van der Waals surface area contributed by atoms with Gasteiger partial charge in [0.2, 0.25) is 0 Å². The van der Waals surface area contributed by atoms with E-state index < -0.39 is 0 Å². The number of nitrogens with zero attached hydrogens (tertiary/aromatic N) is 1. The van der Waals surface area contributed by atoms with Crippen molar-refractivity contribution in [2.75, 3.05) is 17.2 Å². The molecule has 1 heterocycles. The smallest absolute Gasteiger partial charge is 0.262 e. The van der Waals surface area contributed by atoms with Gasteiger partial charge in [-0.3, -0.25) is 9.59 Å². The van der Waals surface area contributed by atoms with Crippen LogP contribution in [0.3, 0.4) is 0 Å². The fourth-order valence-electron chi connectivity index (χ4n) is 3.75. The van der Waals surface area contributed by atoms with Crippen LogP contribution in [0.1, 0.15) is 39.7 Å². The molecule has 1 atom stereocenters. The summed E-state index contributed by atoms with van der Waals surface area (Å²) < 4.78 is 5.57. The lowest BCUT2D eigenvalue weighted by Crippen LogP contribution is -2.20. The van der Waals surface area contributed by atoms with Gasteiger partial charge in [0.15, 0.2) is 6.61 Å². The Labute approximate surface area is 201 Å². The third kappa shape index (κ3) is 5.36. The molecule has 3 aromatic rings. The van der Waals surface area contributed by atoms with Crippen LogP contribution >= 0.6 is 22.9 Å². The molecule has 1 aromatic heterocycles. The fourth-order valence-corrected chi connectivity index (χ4v) is 5.35. The first-order valence-corrected chi connectivity index (χ1v) is 11.8. The molecule has 2 N–H and O–H groups in total. The van der Waals surface area contributed by atoms with Gasteiger partial charge in [0, 0.05) is 10.6 Å². The lowest BCUT2D eigenvalue weighted by molar-refractivity contribution is -0.118. The maximum atomic E-state index is 12.4. The van der Waals surface area contributed by atoms with Crippen LogP contribution in [0.5, 0.6) is 5.75 Å². The molecule has 0 saturated carbocycles. The SMILES string of the molecule is C[C@H]1CCc2c(sc(NC(=O)COc3ccc(NC(=O)c4ccccc4Cl)cc3)c2C#N)C1. The van der Waals surface area contributed by atoms with Crippen LogP contribution in [0.4, 0.5) is 10.7 Å². The van der Waals surface area contributed by atoms with Gasteiger partial charge in [-0.2, -0.15) is 5.26 Å². The van der Waals surface area contributed by atoms with Gasteiger partial charge in [0.25, 0.3) is 11.8 Å². The number of benzene rings is 2. The predicted octanol–water partition coefficient (Wildman–Crippen LogP) is 5.67. The summed E-state index contributed by atoms with van der Waals surface area (Å²) in [6.07, 6.45) is 2.88. The van der Waals surface area contributed by atoms with Crippen molar-refractivity contribution < 1.29 is 14.3 Å². The summed E-state index contributed by atoms with van der Waals surface area (Å²) in [7, 11) is 0. The maximum absolute atomic E-state index is 12.4. The zero-order valence-electron chi connectivity index (χ0n) is 18.0. The van der Waals surface area contributed by atoms with Gasteiger partial charge < -0.3 is 15.4 Å². The van der Waals surface area contributed by atoms with Crippen molar-refractivity contribution in [2.45, 2.75) is 26.2 Å². The summed E-state index contributed by atoms with van der Waals surface area (Å²) in [4.78, 5) is 26.0. The standard InChI is InChI=1S/C25H22ClN3O3S/c1-15-6-11-18-20(13-27)25(33-22(18)12-15)29-23(30)14-32-17-9-7-16(8-10-17)28-24(31)19-4-2-3-5-21(19)26/h2-5,7-10,15H,6,11-12,14H2,1H3,(H,28,31)(H,29,30)/t15-/m0/s1. The van der Waals surface area contributed by atoms with Crippen molar-refractivity contribution in [3.05, 3.63) is 75.1 Å². The number of carbonyl (C=O) groups excluding carboxylic acids is 2. The molecule has 0 radical (unpaired) electrons. The number of halogens is 1. The topological polar surface area (TPSA) is 91.2 Å². The summed E-state index contributed by atoms with van der Waals surface area (Å²) in [5.74, 6) is 0.442. The van der Waals surface area contributed by atoms with E-state index in [2.05, 4.69) is 23.6 Å². The monoisotopic (exact) mass is 479 g/mol. The van der Waals surface area contributed by atoms with Crippen LogP contribution in [0, 0.1) is 17.2 Å². The second-order valence-corrected chi connectivity index (χ2v) is 9.48. The molecule has 1 aliphatic carbocycles.